The van der Waals surface area contributed by atoms with Crippen LogP contribution in [0.1, 0.15) is 37.0 Å². The summed E-state index contributed by atoms with van der Waals surface area (Å²) < 4.78 is 43.4. The van der Waals surface area contributed by atoms with E-state index in [4.69, 9.17) is 4.74 Å². The topological polar surface area (TPSA) is 9.23 Å². The first-order chi connectivity index (χ1) is 10.0. The van der Waals surface area contributed by atoms with E-state index in [1.807, 2.05) is 37.3 Å². The Morgan fingerprint density at radius 3 is 2.10 bits per heavy atom. The molecule has 0 heterocycles. The van der Waals surface area contributed by atoms with Crippen molar-refractivity contribution >= 4 is 0 Å². The van der Waals surface area contributed by atoms with E-state index in [0.29, 0.717) is 5.75 Å². The lowest BCUT2D eigenvalue weighted by atomic mass is 10.1. The normalized spacial score (nSPS) is 13.0. The van der Waals surface area contributed by atoms with Crippen LogP contribution in [-0.4, -0.2) is 0 Å². The Hall–Kier alpha value is -1.97. The summed E-state index contributed by atoms with van der Waals surface area (Å²) in [5, 5.41) is 0. The molecule has 112 valence electrons. The average molecular weight is 294 g/mol. The summed E-state index contributed by atoms with van der Waals surface area (Å²) in [7, 11) is 0. The molecule has 2 aromatic rings. The first kappa shape index (κ1) is 15.4. The Labute approximate surface area is 122 Å². The molecule has 0 spiro atoms. The van der Waals surface area contributed by atoms with Crippen LogP contribution >= 0.6 is 0 Å². The van der Waals surface area contributed by atoms with Gasteiger partial charge in [0.25, 0.3) is 0 Å². The van der Waals surface area contributed by atoms with E-state index < -0.39 is 11.7 Å². The van der Waals surface area contributed by atoms with Gasteiger partial charge in [-0.2, -0.15) is 13.2 Å². The summed E-state index contributed by atoms with van der Waals surface area (Å²) in [4.78, 5) is 0. The van der Waals surface area contributed by atoms with Gasteiger partial charge in [0.2, 0.25) is 0 Å². The van der Waals surface area contributed by atoms with Gasteiger partial charge < -0.3 is 4.74 Å². The Bertz CT molecular complexity index is 546. The minimum Gasteiger partial charge on any atom is -0.486 e. The number of ether oxygens (including phenoxy) is 1. The van der Waals surface area contributed by atoms with E-state index in [2.05, 4.69) is 0 Å². The molecule has 0 aliphatic heterocycles. The molecule has 0 N–H and O–H groups in total. The van der Waals surface area contributed by atoms with Gasteiger partial charge in [0.05, 0.1) is 5.56 Å². The predicted octanol–water partition coefficient (Wildman–Crippen LogP) is 5.63. The van der Waals surface area contributed by atoms with Gasteiger partial charge in [0.15, 0.2) is 0 Å². The standard InChI is InChI=1S/C17H17F3O/c1-2-6-16(13-7-4-3-5-8-13)21-15-11-9-14(10-12-15)17(18,19)20/h3-5,7-12,16H,2,6H2,1H3. The zero-order valence-corrected chi connectivity index (χ0v) is 11.7. The molecular formula is C17H17F3O. The van der Waals surface area contributed by atoms with Gasteiger partial charge in [-0.05, 0) is 36.2 Å². The summed E-state index contributed by atoms with van der Waals surface area (Å²) in [6.45, 7) is 2.05. The molecule has 0 saturated heterocycles. The van der Waals surface area contributed by atoms with Gasteiger partial charge in [-0.25, -0.2) is 0 Å². The van der Waals surface area contributed by atoms with Crippen molar-refractivity contribution in [3.8, 4) is 5.75 Å². The molecule has 0 amide bonds. The predicted molar refractivity (Wildman–Crippen MR) is 76.2 cm³/mol. The zero-order valence-electron chi connectivity index (χ0n) is 11.7. The Morgan fingerprint density at radius 1 is 0.952 bits per heavy atom. The minimum absolute atomic E-state index is 0.145. The fraction of sp³-hybridized carbons (Fsp3) is 0.294. The largest absolute Gasteiger partial charge is 0.486 e. The van der Waals surface area contributed by atoms with Crippen LogP contribution in [0.25, 0.3) is 0 Å². The lowest BCUT2D eigenvalue weighted by Gasteiger charge is -2.19. The van der Waals surface area contributed by atoms with Crippen LogP contribution in [0.15, 0.2) is 54.6 Å². The van der Waals surface area contributed by atoms with Crippen molar-refractivity contribution in [2.45, 2.75) is 32.0 Å². The second kappa shape index (κ2) is 6.66. The fourth-order valence-corrected chi connectivity index (χ4v) is 2.11. The van der Waals surface area contributed by atoms with Gasteiger partial charge in [-0.1, -0.05) is 43.7 Å². The third-order valence-corrected chi connectivity index (χ3v) is 3.18. The number of alkyl halides is 3. The highest BCUT2D eigenvalue weighted by atomic mass is 19.4. The fourth-order valence-electron chi connectivity index (χ4n) is 2.11. The van der Waals surface area contributed by atoms with Crippen molar-refractivity contribution in [3.05, 3.63) is 65.7 Å². The van der Waals surface area contributed by atoms with Crippen molar-refractivity contribution in [1.29, 1.82) is 0 Å². The molecule has 0 fully saturated rings. The van der Waals surface area contributed by atoms with Crippen molar-refractivity contribution in [1.82, 2.24) is 0 Å². The van der Waals surface area contributed by atoms with E-state index in [1.165, 1.54) is 12.1 Å². The summed E-state index contributed by atoms with van der Waals surface area (Å²) in [5.41, 5.74) is 0.362. The molecule has 21 heavy (non-hydrogen) atoms. The van der Waals surface area contributed by atoms with Crippen LogP contribution in [-0.2, 0) is 6.18 Å². The molecule has 2 rings (SSSR count). The van der Waals surface area contributed by atoms with Crippen LogP contribution in [0.3, 0.4) is 0 Å². The van der Waals surface area contributed by atoms with Crippen LogP contribution in [0, 0.1) is 0 Å². The third-order valence-electron chi connectivity index (χ3n) is 3.18. The highest BCUT2D eigenvalue weighted by Gasteiger charge is 2.30. The second-order valence-corrected chi connectivity index (χ2v) is 4.83. The van der Waals surface area contributed by atoms with Crippen molar-refractivity contribution in [2.24, 2.45) is 0 Å². The average Bonchev–Trinajstić information content (AvgIpc) is 2.47. The van der Waals surface area contributed by atoms with Gasteiger partial charge in [-0.15, -0.1) is 0 Å². The molecule has 0 bridgehead atoms. The smallest absolute Gasteiger partial charge is 0.416 e. The molecule has 1 atom stereocenters. The first-order valence-corrected chi connectivity index (χ1v) is 6.89. The summed E-state index contributed by atoms with van der Waals surface area (Å²) in [6.07, 6.45) is -2.72. The van der Waals surface area contributed by atoms with E-state index in [0.717, 1.165) is 30.5 Å². The Balaban J connectivity index is 2.14. The summed E-state index contributed by atoms with van der Waals surface area (Å²) in [6, 6.07) is 14.5. The molecule has 1 nitrogen and oxygen atoms in total. The lowest BCUT2D eigenvalue weighted by Crippen LogP contribution is -2.08. The van der Waals surface area contributed by atoms with Crippen molar-refractivity contribution < 1.29 is 17.9 Å². The molecular weight excluding hydrogens is 277 g/mol. The van der Waals surface area contributed by atoms with Gasteiger partial charge >= 0.3 is 6.18 Å². The number of hydrogen-bond acceptors (Lipinski definition) is 1. The van der Waals surface area contributed by atoms with Crippen molar-refractivity contribution in [3.63, 3.8) is 0 Å². The number of halogens is 3. The third kappa shape index (κ3) is 4.25. The zero-order chi connectivity index (χ0) is 15.3. The van der Waals surface area contributed by atoms with Crippen molar-refractivity contribution in [2.75, 3.05) is 0 Å². The highest BCUT2D eigenvalue weighted by molar-refractivity contribution is 5.30. The summed E-state index contributed by atoms with van der Waals surface area (Å²) >= 11 is 0. The van der Waals surface area contributed by atoms with E-state index >= 15 is 0 Å². The maximum atomic E-state index is 12.5. The van der Waals surface area contributed by atoms with Crippen LogP contribution < -0.4 is 4.74 Å². The molecule has 1 unspecified atom stereocenters. The van der Waals surface area contributed by atoms with E-state index in [-0.39, 0.29) is 6.10 Å². The van der Waals surface area contributed by atoms with Gasteiger partial charge in [0, 0.05) is 0 Å². The highest BCUT2D eigenvalue weighted by Crippen LogP contribution is 2.32. The van der Waals surface area contributed by atoms with Crippen LogP contribution in [0.2, 0.25) is 0 Å². The Morgan fingerprint density at radius 2 is 1.57 bits per heavy atom. The molecule has 2 aromatic carbocycles. The van der Waals surface area contributed by atoms with Gasteiger partial charge in [0.1, 0.15) is 11.9 Å². The SMILES string of the molecule is CCCC(Oc1ccc(C(F)(F)F)cc1)c1ccccc1. The monoisotopic (exact) mass is 294 g/mol. The number of hydrogen-bond donors (Lipinski definition) is 0. The lowest BCUT2D eigenvalue weighted by molar-refractivity contribution is -0.137. The van der Waals surface area contributed by atoms with Crippen LogP contribution in [0.4, 0.5) is 13.2 Å². The molecule has 0 aliphatic rings. The maximum absolute atomic E-state index is 12.5. The minimum atomic E-state index is -4.32. The Kier molecular flexibility index (Phi) is 4.89. The maximum Gasteiger partial charge on any atom is 0.416 e. The van der Waals surface area contributed by atoms with E-state index in [9.17, 15) is 13.2 Å². The number of rotatable bonds is 5. The number of benzene rings is 2. The summed E-state index contributed by atoms with van der Waals surface area (Å²) in [5.74, 6) is 0.449. The molecule has 0 saturated carbocycles. The molecule has 0 radical (unpaired) electrons. The quantitative estimate of drug-likeness (QED) is 0.695. The van der Waals surface area contributed by atoms with E-state index in [1.54, 1.807) is 0 Å². The molecule has 4 heteroatoms. The van der Waals surface area contributed by atoms with Crippen LogP contribution in [0.5, 0.6) is 5.75 Å². The molecule has 0 aliphatic carbocycles. The van der Waals surface area contributed by atoms with Gasteiger partial charge in [-0.3, -0.25) is 0 Å². The first-order valence-electron chi connectivity index (χ1n) is 6.89. The second-order valence-electron chi connectivity index (χ2n) is 4.83. The molecule has 0 aromatic heterocycles.